The minimum Gasteiger partial charge on any atom is -0.488 e. The lowest BCUT2D eigenvalue weighted by molar-refractivity contribution is 0.186. The first-order chi connectivity index (χ1) is 11.3. The van der Waals surface area contributed by atoms with Gasteiger partial charge in [0.2, 0.25) is 0 Å². The Morgan fingerprint density at radius 1 is 1.30 bits per heavy atom. The maximum Gasteiger partial charge on any atom is 0.317 e. The zero-order valence-electron chi connectivity index (χ0n) is 13.0. The number of aryl methyl sites for hydroxylation is 1. The molecule has 3 rings (SSSR count). The van der Waals surface area contributed by atoms with E-state index in [9.17, 15) is 4.79 Å². The van der Waals surface area contributed by atoms with Crippen LogP contribution in [0.4, 0.5) is 4.79 Å². The number of urea groups is 1. The highest BCUT2D eigenvalue weighted by Gasteiger charge is 2.27. The summed E-state index contributed by atoms with van der Waals surface area (Å²) < 4.78 is 7.86. The lowest BCUT2D eigenvalue weighted by Crippen LogP contribution is -2.40. The Morgan fingerprint density at radius 2 is 2.17 bits per heavy atom. The molecule has 1 unspecified atom stereocenters. The predicted octanol–water partition coefficient (Wildman–Crippen LogP) is 1.53. The summed E-state index contributed by atoms with van der Waals surface area (Å²) >= 11 is 0. The normalized spacial score (nSPS) is 17.2. The average Bonchev–Trinajstić information content (AvgIpc) is 3.24. The van der Waals surface area contributed by atoms with E-state index in [0.717, 1.165) is 31.7 Å². The van der Waals surface area contributed by atoms with Gasteiger partial charge < -0.3 is 19.5 Å². The molecule has 1 N–H and O–H groups in total. The average molecular weight is 315 g/mol. The number of hydrogen-bond acceptors (Lipinski definition) is 4. The number of nitrogens with one attached hydrogen (secondary N) is 1. The minimum atomic E-state index is -0.0172. The Morgan fingerprint density at radius 3 is 2.96 bits per heavy atom. The van der Waals surface area contributed by atoms with Crippen molar-refractivity contribution in [1.29, 1.82) is 0 Å². The van der Waals surface area contributed by atoms with Crippen LogP contribution >= 0.6 is 0 Å². The van der Waals surface area contributed by atoms with Crippen LogP contribution in [-0.2, 0) is 6.54 Å². The molecule has 0 saturated carbocycles. The third kappa shape index (κ3) is 4.45. The number of imidazole rings is 1. The lowest BCUT2D eigenvalue weighted by Gasteiger charge is -2.18. The minimum absolute atomic E-state index is 0.0172. The van der Waals surface area contributed by atoms with Gasteiger partial charge in [-0.3, -0.25) is 4.98 Å². The molecule has 1 aliphatic heterocycles. The van der Waals surface area contributed by atoms with Gasteiger partial charge in [-0.15, -0.1) is 0 Å². The van der Waals surface area contributed by atoms with Crippen LogP contribution in [0.2, 0.25) is 0 Å². The van der Waals surface area contributed by atoms with Crippen LogP contribution in [0.3, 0.4) is 0 Å². The van der Waals surface area contributed by atoms with E-state index >= 15 is 0 Å². The second-order valence-electron chi connectivity index (χ2n) is 5.54. The second kappa shape index (κ2) is 7.62. The highest BCUT2D eigenvalue weighted by Crippen LogP contribution is 2.17. The van der Waals surface area contributed by atoms with E-state index in [2.05, 4.69) is 15.3 Å². The van der Waals surface area contributed by atoms with E-state index in [1.807, 2.05) is 27.8 Å². The van der Waals surface area contributed by atoms with Gasteiger partial charge in [0.25, 0.3) is 0 Å². The van der Waals surface area contributed by atoms with Crippen LogP contribution in [0.5, 0.6) is 5.75 Å². The summed E-state index contributed by atoms with van der Waals surface area (Å²) in [6, 6.07) is 3.65. The molecule has 0 radical (unpaired) electrons. The Bertz CT molecular complexity index is 602. The third-order valence-electron chi connectivity index (χ3n) is 3.81. The highest BCUT2D eigenvalue weighted by atomic mass is 16.5. The van der Waals surface area contributed by atoms with Crippen LogP contribution in [-0.4, -0.2) is 51.2 Å². The zero-order valence-corrected chi connectivity index (χ0v) is 13.0. The van der Waals surface area contributed by atoms with Crippen LogP contribution in [0.25, 0.3) is 0 Å². The van der Waals surface area contributed by atoms with Crippen molar-refractivity contribution in [3.8, 4) is 5.75 Å². The SMILES string of the molecule is O=C(NCCCn1ccnc1)N1CCC(Oc2ccncc2)C1. The van der Waals surface area contributed by atoms with Crippen molar-refractivity contribution >= 4 is 6.03 Å². The molecule has 1 fully saturated rings. The predicted molar refractivity (Wildman–Crippen MR) is 85.1 cm³/mol. The molecule has 3 heterocycles. The van der Waals surface area contributed by atoms with Gasteiger partial charge in [-0.05, 0) is 18.6 Å². The molecule has 23 heavy (non-hydrogen) atoms. The fraction of sp³-hybridized carbons (Fsp3) is 0.438. The van der Waals surface area contributed by atoms with Crippen molar-refractivity contribution in [2.24, 2.45) is 0 Å². The van der Waals surface area contributed by atoms with Crippen LogP contribution in [0.15, 0.2) is 43.2 Å². The molecule has 2 aromatic heterocycles. The van der Waals surface area contributed by atoms with Gasteiger partial charge in [0.15, 0.2) is 0 Å². The van der Waals surface area contributed by atoms with Crippen molar-refractivity contribution in [2.75, 3.05) is 19.6 Å². The van der Waals surface area contributed by atoms with E-state index in [1.54, 1.807) is 24.9 Å². The van der Waals surface area contributed by atoms with E-state index < -0.39 is 0 Å². The van der Waals surface area contributed by atoms with E-state index in [-0.39, 0.29) is 12.1 Å². The first kappa shape index (κ1) is 15.3. The van der Waals surface area contributed by atoms with Crippen molar-refractivity contribution in [3.63, 3.8) is 0 Å². The van der Waals surface area contributed by atoms with Crippen molar-refractivity contribution in [2.45, 2.75) is 25.5 Å². The maximum absolute atomic E-state index is 12.1. The van der Waals surface area contributed by atoms with Gasteiger partial charge in [-0.2, -0.15) is 0 Å². The lowest BCUT2D eigenvalue weighted by atomic mass is 10.3. The first-order valence-electron chi connectivity index (χ1n) is 7.86. The van der Waals surface area contributed by atoms with Gasteiger partial charge >= 0.3 is 6.03 Å². The van der Waals surface area contributed by atoms with Gasteiger partial charge in [-0.25, -0.2) is 9.78 Å². The topological polar surface area (TPSA) is 72.3 Å². The van der Waals surface area contributed by atoms with Crippen LogP contribution in [0.1, 0.15) is 12.8 Å². The Balaban J connectivity index is 1.35. The molecule has 0 spiro atoms. The molecule has 7 heteroatoms. The number of hydrogen-bond donors (Lipinski definition) is 1. The van der Waals surface area contributed by atoms with Gasteiger partial charge in [0, 0.05) is 50.8 Å². The number of ether oxygens (including phenoxy) is 1. The number of aromatic nitrogens is 3. The Hall–Kier alpha value is -2.57. The summed E-state index contributed by atoms with van der Waals surface area (Å²) in [7, 11) is 0. The van der Waals surface area contributed by atoms with E-state index in [1.165, 1.54) is 0 Å². The molecular formula is C16H21N5O2. The summed E-state index contributed by atoms with van der Waals surface area (Å²) in [6.07, 6.45) is 10.6. The number of amides is 2. The molecule has 1 atom stereocenters. The summed E-state index contributed by atoms with van der Waals surface area (Å²) in [5.74, 6) is 0.799. The molecule has 0 aliphatic carbocycles. The highest BCUT2D eigenvalue weighted by molar-refractivity contribution is 5.74. The van der Waals surface area contributed by atoms with Gasteiger partial charge in [-0.1, -0.05) is 0 Å². The fourth-order valence-corrected chi connectivity index (χ4v) is 2.61. The molecule has 0 aromatic carbocycles. The van der Waals surface area contributed by atoms with Crippen LogP contribution in [0, 0.1) is 0 Å². The number of nitrogens with zero attached hydrogens (tertiary/aromatic N) is 4. The third-order valence-corrected chi connectivity index (χ3v) is 3.81. The summed E-state index contributed by atoms with van der Waals surface area (Å²) in [4.78, 5) is 21.9. The van der Waals surface area contributed by atoms with Gasteiger partial charge in [0.05, 0.1) is 12.9 Å². The standard InChI is InChI=1S/C16H21N5O2/c22-16(19-5-1-9-20-11-8-18-13-20)21-10-4-15(12-21)23-14-2-6-17-7-3-14/h2-3,6-8,11,13,15H,1,4-5,9-10,12H2,(H,19,22). The molecule has 122 valence electrons. The molecule has 2 aromatic rings. The van der Waals surface area contributed by atoms with Crippen LogP contribution < -0.4 is 10.1 Å². The molecule has 0 bridgehead atoms. The summed E-state index contributed by atoms with van der Waals surface area (Å²) in [5, 5.41) is 2.96. The number of carbonyl (C=O) groups is 1. The summed E-state index contributed by atoms with van der Waals surface area (Å²) in [5.41, 5.74) is 0. The molecule has 2 amide bonds. The van der Waals surface area contributed by atoms with E-state index in [0.29, 0.717) is 13.1 Å². The van der Waals surface area contributed by atoms with Crippen molar-refractivity contribution < 1.29 is 9.53 Å². The maximum atomic E-state index is 12.1. The largest absolute Gasteiger partial charge is 0.488 e. The van der Waals surface area contributed by atoms with Crippen molar-refractivity contribution in [3.05, 3.63) is 43.2 Å². The number of rotatable bonds is 6. The quantitative estimate of drug-likeness (QED) is 0.821. The first-order valence-corrected chi connectivity index (χ1v) is 7.86. The smallest absolute Gasteiger partial charge is 0.317 e. The monoisotopic (exact) mass is 315 g/mol. The molecule has 1 saturated heterocycles. The number of carbonyl (C=O) groups excluding carboxylic acids is 1. The van der Waals surface area contributed by atoms with E-state index in [4.69, 9.17) is 4.74 Å². The Kier molecular flexibility index (Phi) is 5.08. The van der Waals surface area contributed by atoms with Crippen molar-refractivity contribution in [1.82, 2.24) is 24.8 Å². The molecule has 7 nitrogen and oxygen atoms in total. The van der Waals surface area contributed by atoms with Gasteiger partial charge in [0.1, 0.15) is 11.9 Å². The molecule has 1 aliphatic rings. The fourth-order valence-electron chi connectivity index (χ4n) is 2.61. The summed E-state index contributed by atoms with van der Waals surface area (Å²) in [6.45, 7) is 2.86. The zero-order chi connectivity index (χ0) is 15.9. The molecular weight excluding hydrogens is 294 g/mol. The second-order valence-corrected chi connectivity index (χ2v) is 5.54. The number of pyridine rings is 1. The Labute approximate surface area is 135 Å². The number of likely N-dealkylation sites (tertiary alicyclic amines) is 1.